The Balaban J connectivity index is 2.06. The fourth-order valence-electron chi connectivity index (χ4n) is 2.36. The van der Waals surface area contributed by atoms with Gasteiger partial charge in [-0.25, -0.2) is 0 Å². The van der Waals surface area contributed by atoms with E-state index in [1.54, 1.807) is 0 Å². The van der Waals surface area contributed by atoms with Gasteiger partial charge in [-0.05, 0) is 11.1 Å². The molecule has 0 amide bonds. The van der Waals surface area contributed by atoms with E-state index in [4.69, 9.17) is 4.74 Å². The predicted molar refractivity (Wildman–Crippen MR) is 50.6 cm³/mol. The van der Waals surface area contributed by atoms with Gasteiger partial charge in [0.2, 0.25) is 0 Å². The Bertz CT molecular complexity index is 324. The van der Waals surface area contributed by atoms with Crippen LogP contribution in [0.15, 0.2) is 24.3 Å². The number of nitrogens with one attached hydrogen (secondary N) is 1. The lowest BCUT2D eigenvalue weighted by Crippen LogP contribution is -2.26. The lowest BCUT2D eigenvalue weighted by atomic mass is 9.90. The first-order valence-electron chi connectivity index (χ1n) is 4.85. The Labute approximate surface area is 77.9 Å². The first kappa shape index (κ1) is 7.54. The summed E-state index contributed by atoms with van der Waals surface area (Å²) in [6.45, 7) is 2.87. The van der Waals surface area contributed by atoms with Gasteiger partial charge in [0.05, 0.1) is 12.7 Å². The van der Waals surface area contributed by atoms with Gasteiger partial charge in [0.25, 0.3) is 0 Å². The molecule has 2 atom stereocenters. The third-order valence-electron chi connectivity index (χ3n) is 3.07. The van der Waals surface area contributed by atoms with Gasteiger partial charge in [-0.2, -0.15) is 0 Å². The third-order valence-corrected chi connectivity index (χ3v) is 3.07. The van der Waals surface area contributed by atoms with Crippen molar-refractivity contribution in [1.29, 1.82) is 0 Å². The van der Waals surface area contributed by atoms with Crippen molar-refractivity contribution >= 4 is 0 Å². The van der Waals surface area contributed by atoms with E-state index < -0.39 is 0 Å². The molecular weight excluding hydrogens is 162 g/mol. The van der Waals surface area contributed by atoms with Crippen LogP contribution in [0.25, 0.3) is 0 Å². The molecule has 2 nitrogen and oxygen atoms in total. The number of hydrogen-bond acceptors (Lipinski definition) is 2. The van der Waals surface area contributed by atoms with Gasteiger partial charge >= 0.3 is 0 Å². The summed E-state index contributed by atoms with van der Waals surface area (Å²) >= 11 is 0. The van der Waals surface area contributed by atoms with Crippen molar-refractivity contribution in [3.63, 3.8) is 0 Å². The van der Waals surface area contributed by atoms with E-state index >= 15 is 0 Å². The monoisotopic (exact) mass is 175 g/mol. The molecule has 13 heavy (non-hydrogen) atoms. The second-order valence-corrected chi connectivity index (χ2v) is 3.81. The summed E-state index contributed by atoms with van der Waals surface area (Å²) in [6, 6.07) is 8.62. The fraction of sp³-hybridized carbons (Fsp3) is 0.455. The summed E-state index contributed by atoms with van der Waals surface area (Å²) in [5, 5.41) is 3.38. The molecule has 2 heterocycles. The van der Waals surface area contributed by atoms with Crippen LogP contribution >= 0.6 is 0 Å². The van der Waals surface area contributed by atoms with Gasteiger partial charge in [0.1, 0.15) is 0 Å². The standard InChI is InChI=1S/C11H13NO/c1-2-4-9-8(3-1)7-13-11-6-12-5-10(9)11/h1-4,10-12H,5-7H2. The second-order valence-electron chi connectivity index (χ2n) is 3.81. The molecule has 1 fully saturated rings. The van der Waals surface area contributed by atoms with Crippen LogP contribution in [-0.2, 0) is 11.3 Å². The maximum atomic E-state index is 5.77. The molecule has 0 spiro atoms. The van der Waals surface area contributed by atoms with E-state index in [-0.39, 0.29) is 0 Å². The van der Waals surface area contributed by atoms with E-state index in [0.717, 1.165) is 19.7 Å². The number of rotatable bonds is 0. The Morgan fingerprint density at radius 2 is 2.15 bits per heavy atom. The Kier molecular flexibility index (Phi) is 1.64. The summed E-state index contributed by atoms with van der Waals surface area (Å²) in [7, 11) is 0. The van der Waals surface area contributed by atoms with Crippen LogP contribution in [0, 0.1) is 0 Å². The van der Waals surface area contributed by atoms with E-state index in [1.807, 2.05) is 0 Å². The van der Waals surface area contributed by atoms with Crippen molar-refractivity contribution in [2.75, 3.05) is 13.1 Å². The number of hydrogen-bond donors (Lipinski definition) is 1. The minimum Gasteiger partial charge on any atom is -0.372 e. The average Bonchev–Trinajstić information content (AvgIpc) is 2.65. The van der Waals surface area contributed by atoms with Gasteiger partial charge in [0, 0.05) is 19.0 Å². The lowest BCUT2D eigenvalue weighted by Gasteiger charge is -2.27. The molecule has 1 N–H and O–H groups in total. The second kappa shape index (κ2) is 2.82. The summed E-state index contributed by atoms with van der Waals surface area (Å²) in [5.74, 6) is 0.588. The van der Waals surface area contributed by atoms with Gasteiger partial charge in [0.15, 0.2) is 0 Å². The molecule has 68 valence electrons. The molecule has 0 aromatic heterocycles. The zero-order valence-electron chi connectivity index (χ0n) is 7.49. The molecule has 1 aromatic carbocycles. The van der Waals surface area contributed by atoms with E-state index in [0.29, 0.717) is 12.0 Å². The van der Waals surface area contributed by atoms with E-state index in [2.05, 4.69) is 29.6 Å². The molecule has 0 saturated carbocycles. The van der Waals surface area contributed by atoms with Gasteiger partial charge in [-0.15, -0.1) is 0 Å². The Hall–Kier alpha value is -0.860. The van der Waals surface area contributed by atoms with Gasteiger partial charge in [-0.1, -0.05) is 24.3 Å². The van der Waals surface area contributed by atoms with Crippen molar-refractivity contribution in [1.82, 2.24) is 5.32 Å². The number of benzene rings is 1. The summed E-state index contributed by atoms with van der Waals surface area (Å²) in [5.41, 5.74) is 2.86. The van der Waals surface area contributed by atoms with Crippen LogP contribution in [-0.4, -0.2) is 19.2 Å². The fourth-order valence-corrected chi connectivity index (χ4v) is 2.36. The lowest BCUT2D eigenvalue weighted by molar-refractivity contribution is 0.0299. The number of ether oxygens (including phenoxy) is 1. The maximum absolute atomic E-state index is 5.77. The van der Waals surface area contributed by atoms with Crippen molar-refractivity contribution < 1.29 is 4.74 Å². The highest BCUT2D eigenvalue weighted by Crippen LogP contribution is 2.32. The molecule has 2 aliphatic rings. The first-order valence-corrected chi connectivity index (χ1v) is 4.85. The largest absolute Gasteiger partial charge is 0.372 e. The summed E-state index contributed by atoms with van der Waals surface area (Å²) in [6.07, 6.45) is 0.412. The van der Waals surface area contributed by atoms with Crippen molar-refractivity contribution in [2.24, 2.45) is 0 Å². The molecule has 3 rings (SSSR count). The normalized spacial score (nSPS) is 31.1. The Morgan fingerprint density at radius 3 is 3.15 bits per heavy atom. The van der Waals surface area contributed by atoms with Crippen molar-refractivity contribution in [3.8, 4) is 0 Å². The van der Waals surface area contributed by atoms with Crippen LogP contribution < -0.4 is 5.32 Å². The van der Waals surface area contributed by atoms with Crippen LogP contribution in [0.1, 0.15) is 17.0 Å². The zero-order valence-corrected chi connectivity index (χ0v) is 7.49. The molecular formula is C11H13NO. The van der Waals surface area contributed by atoms with Crippen LogP contribution in [0.5, 0.6) is 0 Å². The Morgan fingerprint density at radius 1 is 1.23 bits per heavy atom. The molecule has 0 bridgehead atoms. The molecule has 2 unspecified atom stereocenters. The van der Waals surface area contributed by atoms with Crippen LogP contribution in [0.4, 0.5) is 0 Å². The molecule has 1 saturated heterocycles. The molecule has 0 radical (unpaired) electrons. The number of fused-ring (bicyclic) bond motifs is 3. The molecule has 2 heteroatoms. The maximum Gasteiger partial charge on any atom is 0.0784 e. The first-order chi connectivity index (χ1) is 6.45. The summed E-state index contributed by atoms with van der Waals surface area (Å²) in [4.78, 5) is 0. The topological polar surface area (TPSA) is 21.3 Å². The molecule has 1 aromatic rings. The van der Waals surface area contributed by atoms with Crippen molar-refractivity contribution in [3.05, 3.63) is 35.4 Å². The van der Waals surface area contributed by atoms with Crippen LogP contribution in [0.2, 0.25) is 0 Å². The highest BCUT2D eigenvalue weighted by molar-refractivity contribution is 5.33. The molecule has 2 aliphatic heterocycles. The zero-order chi connectivity index (χ0) is 8.67. The minimum absolute atomic E-state index is 0.412. The SMILES string of the molecule is c1ccc2c(c1)COC1CNCC21. The quantitative estimate of drug-likeness (QED) is 0.641. The summed E-state index contributed by atoms with van der Waals surface area (Å²) < 4.78 is 5.77. The highest BCUT2D eigenvalue weighted by atomic mass is 16.5. The van der Waals surface area contributed by atoms with Gasteiger partial charge in [-0.3, -0.25) is 0 Å². The van der Waals surface area contributed by atoms with Gasteiger partial charge < -0.3 is 10.1 Å². The smallest absolute Gasteiger partial charge is 0.0784 e. The predicted octanol–water partition coefficient (Wildman–Crippen LogP) is 1.27. The highest BCUT2D eigenvalue weighted by Gasteiger charge is 2.33. The van der Waals surface area contributed by atoms with Crippen LogP contribution in [0.3, 0.4) is 0 Å². The minimum atomic E-state index is 0.412. The third kappa shape index (κ3) is 1.10. The molecule has 0 aliphatic carbocycles. The average molecular weight is 175 g/mol. The van der Waals surface area contributed by atoms with E-state index in [1.165, 1.54) is 11.1 Å². The van der Waals surface area contributed by atoms with Crippen molar-refractivity contribution in [2.45, 2.75) is 18.6 Å². The van der Waals surface area contributed by atoms with E-state index in [9.17, 15) is 0 Å².